The Hall–Kier alpha value is -1.45. The monoisotopic (exact) mass is 266 g/mol. The molecule has 19 heavy (non-hydrogen) atoms. The van der Waals surface area contributed by atoms with Crippen molar-refractivity contribution in [3.63, 3.8) is 0 Å². The van der Waals surface area contributed by atoms with Gasteiger partial charge in [0.1, 0.15) is 0 Å². The molecule has 0 aromatic heterocycles. The number of nitrogens with one attached hydrogen (secondary N) is 1. The summed E-state index contributed by atoms with van der Waals surface area (Å²) in [6.07, 6.45) is 4.81. The molecule has 1 aromatic carbocycles. The molecule has 0 aliphatic heterocycles. The SMILES string of the molecule is COc1cc(NC2CCCCC2(C)C)c(N)cc1F. The highest BCUT2D eigenvalue weighted by Gasteiger charge is 2.32. The number of ether oxygens (including phenoxy) is 1. The van der Waals surface area contributed by atoms with Gasteiger partial charge in [0, 0.05) is 18.2 Å². The van der Waals surface area contributed by atoms with E-state index in [9.17, 15) is 4.39 Å². The van der Waals surface area contributed by atoms with Crippen LogP contribution in [0.4, 0.5) is 15.8 Å². The molecule has 1 aromatic rings. The second kappa shape index (κ2) is 5.27. The van der Waals surface area contributed by atoms with E-state index in [1.54, 1.807) is 6.07 Å². The van der Waals surface area contributed by atoms with E-state index in [2.05, 4.69) is 19.2 Å². The van der Waals surface area contributed by atoms with Crippen molar-refractivity contribution in [2.24, 2.45) is 5.41 Å². The minimum atomic E-state index is -0.423. The van der Waals surface area contributed by atoms with Gasteiger partial charge < -0.3 is 15.8 Å². The van der Waals surface area contributed by atoms with Crippen LogP contribution in [0.1, 0.15) is 39.5 Å². The lowest BCUT2D eigenvalue weighted by Crippen LogP contribution is -2.39. The molecule has 0 amide bonds. The van der Waals surface area contributed by atoms with E-state index in [1.807, 2.05) is 0 Å². The molecule has 1 fully saturated rings. The third-order valence-electron chi connectivity index (χ3n) is 4.16. The van der Waals surface area contributed by atoms with Gasteiger partial charge in [0.2, 0.25) is 0 Å². The Kier molecular flexibility index (Phi) is 3.88. The van der Waals surface area contributed by atoms with Crippen molar-refractivity contribution < 1.29 is 9.13 Å². The Balaban J connectivity index is 2.23. The summed E-state index contributed by atoms with van der Waals surface area (Å²) in [5.74, 6) is -0.196. The summed E-state index contributed by atoms with van der Waals surface area (Å²) in [6.45, 7) is 4.53. The zero-order chi connectivity index (χ0) is 14.0. The Labute approximate surface area is 114 Å². The number of hydrogen-bond acceptors (Lipinski definition) is 3. The molecule has 2 rings (SSSR count). The molecule has 1 aliphatic carbocycles. The topological polar surface area (TPSA) is 47.3 Å². The minimum absolute atomic E-state index is 0.227. The van der Waals surface area contributed by atoms with Crippen molar-refractivity contribution in [3.05, 3.63) is 17.9 Å². The molecule has 0 spiro atoms. The van der Waals surface area contributed by atoms with Gasteiger partial charge in [-0.25, -0.2) is 4.39 Å². The Bertz CT molecular complexity index is 460. The third kappa shape index (κ3) is 2.94. The van der Waals surface area contributed by atoms with Gasteiger partial charge in [-0.1, -0.05) is 26.7 Å². The average molecular weight is 266 g/mol. The van der Waals surface area contributed by atoms with Crippen LogP contribution in [0.5, 0.6) is 5.75 Å². The smallest absolute Gasteiger partial charge is 0.167 e. The summed E-state index contributed by atoms with van der Waals surface area (Å²) in [4.78, 5) is 0. The lowest BCUT2D eigenvalue weighted by Gasteiger charge is -2.39. The first kappa shape index (κ1) is 14.0. The molecule has 3 nitrogen and oxygen atoms in total. The van der Waals surface area contributed by atoms with Gasteiger partial charge in [-0.3, -0.25) is 0 Å². The summed E-state index contributed by atoms with van der Waals surface area (Å²) >= 11 is 0. The molecule has 1 unspecified atom stereocenters. The molecule has 0 heterocycles. The first-order valence-electron chi connectivity index (χ1n) is 6.83. The van der Waals surface area contributed by atoms with E-state index in [0.717, 1.165) is 12.1 Å². The fourth-order valence-electron chi connectivity index (χ4n) is 2.80. The van der Waals surface area contributed by atoms with Crippen LogP contribution in [0.3, 0.4) is 0 Å². The van der Waals surface area contributed by atoms with E-state index in [0.29, 0.717) is 11.7 Å². The van der Waals surface area contributed by atoms with Gasteiger partial charge >= 0.3 is 0 Å². The first-order chi connectivity index (χ1) is 8.94. The maximum atomic E-state index is 13.5. The highest BCUT2D eigenvalue weighted by atomic mass is 19.1. The quantitative estimate of drug-likeness (QED) is 0.818. The van der Waals surface area contributed by atoms with Gasteiger partial charge in [-0.05, 0) is 18.3 Å². The fourth-order valence-corrected chi connectivity index (χ4v) is 2.80. The van der Waals surface area contributed by atoms with Gasteiger partial charge in [-0.2, -0.15) is 0 Å². The molecule has 3 N–H and O–H groups in total. The molecule has 106 valence electrons. The number of hydrogen-bond donors (Lipinski definition) is 2. The van der Waals surface area contributed by atoms with E-state index < -0.39 is 5.82 Å². The maximum absolute atomic E-state index is 13.5. The molecule has 0 radical (unpaired) electrons. The lowest BCUT2D eigenvalue weighted by molar-refractivity contribution is 0.217. The van der Waals surface area contributed by atoms with Crippen LogP contribution < -0.4 is 15.8 Å². The molecular formula is C15H23FN2O. The number of rotatable bonds is 3. The van der Waals surface area contributed by atoms with Gasteiger partial charge in [-0.15, -0.1) is 0 Å². The second-order valence-electron chi connectivity index (χ2n) is 6.01. The summed E-state index contributed by atoms with van der Waals surface area (Å²) in [5, 5.41) is 3.47. The zero-order valence-electron chi connectivity index (χ0n) is 11.9. The number of nitrogens with two attached hydrogens (primary N) is 1. The van der Waals surface area contributed by atoms with Gasteiger partial charge in [0.25, 0.3) is 0 Å². The van der Waals surface area contributed by atoms with Crippen LogP contribution >= 0.6 is 0 Å². The molecule has 4 heteroatoms. The van der Waals surface area contributed by atoms with E-state index >= 15 is 0 Å². The molecule has 1 aliphatic rings. The Morgan fingerprint density at radius 2 is 2.11 bits per heavy atom. The predicted octanol–water partition coefficient (Wildman–Crippen LogP) is 3.80. The largest absolute Gasteiger partial charge is 0.494 e. The summed E-state index contributed by atoms with van der Waals surface area (Å²) in [7, 11) is 1.46. The average Bonchev–Trinajstić information content (AvgIpc) is 2.34. The number of methoxy groups -OCH3 is 1. The number of anilines is 2. The zero-order valence-corrected chi connectivity index (χ0v) is 11.9. The number of benzene rings is 1. The van der Waals surface area contributed by atoms with Gasteiger partial charge in [0.05, 0.1) is 18.5 Å². The predicted molar refractivity (Wildman–Crippen MR) is 77.0 cm³/mol. The lowest BCUT2D eigenvalue weighted by atomic mass is 9.73. The van der Waals surface area contributed by atoms with Crippen molar-refractivity contribution >= 4 is 11.4 Å². The van der Waals surface area contributed by atoms with E-state index in [-0.39, 0.29) is 11.2 Å². The van der Waals surface area contributed by atoms with Crippen LogP contribution in [0.25, 0.3) is 0 Å². The van der Waals surface area contributed by atoms with Crippen LogP contribution in [-0.2, 0) is 0 Å². The molecule has 0 saturated heterocycles. The van der Waals surface area contributed by atoms with Crippen molar-refractivity contribution in [2.45, 2.75) is 45.6 Å². The Morgan fingerprint density at radius 3 is 2.74 bits per heavy atom. The van der Waals surface area contributed by atoms with Crippen molar-refractivity contribution in [1.82, 2.24) is 0 Å². The summed E-state index contributed by atoms with van der Waals surface area (Å²) < 4.78 is 18.5. The summed E-state index contributed by atoms with van der Waals surface area (Å²) in [6, 6.07) is 3.32. The molecule has 0 bridgehead atoms. The van der Waals surface area contributed by atoms with Crippen molar-refractivity contribution in [1.29, 1.82) is 0 Å². The first-order valence-corrected chi connectivity index (χ1v) is 6.83. The fraction of sp³-hybridized carbons (Fsp3) is 0.600. The highest BCUT2D eigenvalue weighted by Crippen LogP contribution is 2.39. The normalized spacial score (nSPS) is 22.0. The van der Waals surface area contributed by atoms with Crippen molar-refractivity contribution in [3.8, 4) is 5.75 Å². The standard InChI is InChI=1S/C15H23FN2O/c1-15(2)7-5-4-6-14(15)18-12-9-13(19-3)10(16)8-11(12)17/h8-9,14,18H,4-7,17H2,1-3H3. The molecular weight excluding hydrogens is 243 g/mol. The van der Waals surface area contributed by atoms with Crippen LogP contribution in [-0.4, -0.2) is 13.2 Å². The molecule has 1 atom stereocenters. The third-order valence-corrected chi connectivity index (χ3v) is 4.16. The number of nitrogen functional groups attached to an aromatic ring is 1. The van der Waals surface area contributed by atoms with Gasteiger partial charge in [0.15, 0.2) is 11.6 Å². The van der Waals surface area contributed by atoms with Crippen molar-refractivity contribution in [2.75, 3.05) is 18.2 Å². The maximum Gasteiger partial charge on any atom is 0.167 e. The van der Waals surface area contributed by atoms with E-state index in [1.165, 1.54) is 32.4 Å². The van der Waals surface area contributed by atoms with Crippen LogP contribution in [0.15, 0.2) is 12.1 Å². The van der Waals surface area contributed by atoms with Crippen LogP contribution in [0.2, 0.25) is 0 Å². The second-order valence-corrected chi connectivity index (χ2v) is 6.01. The van der Waals surface area contributed by atoms with Crippen LogP contribution in [0, 0.1) is 11.2 Å². The number of halogens is 1. The highest BCUT2D eigenvalue weighted by molar-refractivity contribution is 5.69. The molecule has 1 saturated carbocycles. The minimum Gasteiger partial charge on any atom is -0.494 e. The Morgan fingerprint density at radius 1 is 1.37 bits per heavy atom. The van der Waals surface area contributed by atoms with E-state index in [4.69, 9.17) is 10.5 Å². The summed E-state index contributed by atoms with van der Waals surface area (Å²) in [5.41, 5.74) is 7.31.